The van der Waals surface area contributed by atoms with Crippen molar-refractivity contribution in [2.45, 2.75) is 64.8 Å². The average molecular weight is 227 g/mol. The second-order valence-corrected chi connectivity index (χ2v) is 5.41. The molecular weight excluding hydrogens is 198 g/mol. The third-order valence-electron chi connectivity index (χ3n) is 4.07. The van der Waals surface area contributed by atoms with Crippen LogP contribution >= 0.6 is 0 Å². The highest BCUT2D eigenvalue weighted by atomic mass is 16.3. The van der Waals surface area contributed by atoms with E-state index in [4.69, 9.17) is 5.11 Å². The van der Waals surface area contributed by atoms with Crippen LogP contribution in [0.1, 0.15) is 58.8 Å². The minimum absolute atomic E-state index is 0.337. The molecule has 2 heteroatoms. The molecule has 2 unspecified atom stereocenters. The van der Waals surface area contributed by atoms with Crippen molar-refractivity contribution in [2.24, 2.45) is 11.8 Å². The van der Waals surface area contributed by atoms with Crippen LogP contribution in [0.25, 0.3) is 0 Å². The highest BCUT2D eigenvalue weighted by molar-refractivity contribution is 4.78. The molecule has 0 bridgehead atoms. The topological polar surface area (TPSA) is 32.3 Å². The first-order valence-electron chi connectivity index (χ1n) is 7.12. The van der Waals surface area contributed by atoms with Gasteiger partial charge in [-0.1, -0.05) is 26.2 Å². The van der Waals surface area contributed by atoms with Crippen LogP contribution in [0.15, 0.2) is 0 Å². The first-order chi connectivity index (χ1) is 7.77. The van der Waals surface area contributed by atoms with Gasteiger partial charge in [-0.2, -0.15) is 0 Å². The second-order valence-electron chi connectivity index (χ2n) is 5.41. The third kappa shape index (κ3) is 4.84. The maximum absolute atomic E-state index is 9.01. The van der Waals surface area contributed by atoms with Crippen molar-refractivity contribution >= 4 is 0 Å². The number of hydrogen-bond acceptors (Lipinski definition) is 2. The molecule has 1 saturated carbocycles. The summed E-state index contributed by atoms with van der Waals surface area (Å²) in [4.78, 5) is 0. The molecule has 1 aliphatic carbocycles. The summed E-state index contributed by atoms with van der Waals surface area (Å²) in [6.45, 7) is 5.99. The quantitative estimate of drug-likeness (QED) is 0.668. The number of nitrogens with one attached hydrogen (secondary N) is 1. The molecule has 2 atom stereocenters. The molecule has 0 heterocycles. The van der Waals surface area contributed by atoms with Gasteiger partial charge in [0.15, 0.2) is 0 Å². The van der Waals surface area contributed by atoms with Crippen LogP contribution in [0.4, 0.5) is 0 Å². The highest BCUT2D eigenvalue weighted by Crippen LogP contribution is 2.27. The van der Waals surface area contributed by atoms with Gasteiger partial charge in [-0.25, -0.2) is 0 Å². The van der Waals surface area contributed by atoms with E-state index in [0.29, 0.717) is 18.6 Å². The molecular formula is C14H29NO. The minimum Gasteiger partial charge on any atom is -0.396 e. The fourth-order valence-corrected chi connectivity index (χ4v) is 2.92. The van der Waals surface area contributed by atoms with E-state index >= 15 is 0 Å². The lowest BCUT2D eigenvalue weighted by molar-refractivity contribution is 0.241. The van der Waals surface area contributed by atoms with Crippen molar-refractivity contribution in [1.29, 1.82) is 0 Å². The first kappa shape index (κ1) is 14.0. The minimum atomic E-state index is 0.337. The van der Waals surface area contributed by atoms with Crippen molar-refractivity contribution < 1.29 is 5.11 Å². The van der Waals surface area contributed by atoms with E-state index in [1.807, 2.05) is 0 Å². The lowest BCUT2D eigenvalue weighted by Crippen LogP contribution is -2.36. The largest absolute Gasteiger partial charge is 0.396 e. The third-order valence-corrected chi connectivity index (χ3v) is 4.07. The maximum Gasteiger partial charge on any atom is 0.0434 e. The standard InChI is InChI=1S/C14H29NO/c1-3-6-13(9-10-16)11-15-12(2)14-7-4-5-8-14/h12-16H,3-11H2,1-2H3. The molecule has 0 spiro atoms. The van der Waals surface area contributed by atoms with Gasteiger partial charge in [0.05, 0.1) is 0 Å². The Labute approximate surface area is 101 Å². The van der Waals surface area contributed by atoms with Gasteiger partial charge < -0.3 is 10.4 Å². The summed E-state index contributed by atoms with van der Waals surface area (Å²) in [6.07, 6.45) is 9.09. The SMILES string of the molecule is CCCC(CCO)CNC(C)C1CCCC1. The van der Waals surface area contributed by atoms with Crippen LogP contribution in [0, 0.1) is 11.8 Å². The Hall–Kier alpha value is -0.0800. The smallest absolute Gasteiger partial charge is 0.0434 e. The summed E-state index contributed by atoms with van der Waals surface area (Å²) in [5.74, 6) is 1.57. The summed E-state index contributed by atoms with van der Waals surface area (Å²) in [5, 5.41) is 12.7. The fourth-order valence-electron chi connectivity index (χ4n) is 2.92. The summed E-state index contributed by atoms with van der Waals surface area (Å²) < 4.78 is 0. The van der Waals surface area contributed by atoms with Gasteiger partial charge >= 0.3 is 0 Å². The van der Waals surface area contributed by atoms with Gasteiger partial charge in [0, 0.05) is 12.6 Å². The number of hydrogen-bond donors (Lipinski definition) is 2. The summed E-state index contributed by atoms with van der Waals surface area (Å²) in [6, 6.07) is 0.667. The lowest BCUT2D eigenvalue weighted by atomic mass is 9.96. The van der Waals surface area contributed by atoms with E-state index in [2.05, 4.69) is 19.2 Å². The van der Waals surface area contributed by atoms with E-state index in [1.54, 1.807) is 0 Å². The van der Waals surface area contributed by atoms with Crippen LogP contribution in [0.3, 0.4) is 0 Å². The van der Waals surface area contributed by atoms with E-state index in [1.165, 1.54) is 38.5 Å². The van der Waals surface area contributed by atoms with Crippen LogP contribution < -0.4 is 5.32 Å². The lowest BCUT2D eigenvalue weighted by Gasteiger charge is -2.24. The van der Waals surface area contributed by atoms with Crippen molar-refractivity contribution in [3.8, 4) is 0 Å². The average Bonchev–Trinajstić information content (AvgIpc) is 2.79. The van der Waals surface area contributed by atoms with E-state index in [9.17, 15) is 0 Å². The van der Waals surface area contributed by atoms with Crippen molar-refractivity contribution in [3.63, 3.8) is 0 Å². The molecule has 0 aromatic rings. The molecule has 0 amide bonds. The van der Waals surface area contributed by atoms with E-state index < -0.39 is 0 Å². The molecule has 1 rings (SSSR count). The molecule has 96 valence electrons. The number of aliphatic hydroxyl groups excluding tert-OH is 1. The maximum atomic E-state index is 9.01. The number of aliphatic hydroxyl groups is 1. The van der Waals surface area contributed by atoms with Crippen LogP contribution in [0.2, 0.25) is 0 Å². The van der Waals surface area contributed by atoms with E-state index in [-0.39, 0.29) is 0 Å². The predicted molar refractivity (Wildman–Crippen MR) is 69.5 cm³/mol. The van der Waals surface area contributed by atoms with E-state index in [0.717, 1.165) is 18.9 Å². The van der Waals surface area contributed by atoms with Crippen molar-refractivity contribution in [3.05, 3.63) is 0 Å². The molecule has 16 heavy (non-hydrogen) atoms. The molecule has 1 aliphatic rings. The van der Waals surface area contributed by atoms with Gasteiger partial charge in [0.25, 0.3) is 0 Å². The first-order valence-corrected chi connectivity index (χ1v) is 7.12. The monoisotopic (exact) mass is 227 g/mol. The van der Waals surface area contributed by atoms with Gasteiger partial charge in [-0.3, -0.25) is 0 Å². The van der Waals surface area contributed by atoms with Gasteiger partial charge in [-0.05, 0) is 51.0 Å². The van der Waals surface area contributed by atoms with Crippen LogP contribution in [0.5, 0.6) is 0 Å². The molecule has 0 aromatic carbocycles. The Bertz CT molecular complexity index is 158. The Balaban J connectivity index is 2.18. The number of rotatable bonds is 8. The Morgan fingerprint density at radius 1 is 1.25 bits per heavy atom. The second kappa shape index (κ2) is 8.08. The Morgan fingerprint density at radius 2 is 1.94 bits per heavy atom. The molecule has 2 N–H and O–H groups in total. The van der Waals surface area contributed by atoms with Crippen molar-refractivity contribution in [1.82, 2.24) is 5.32 Å². The normalized spacial score (nSPS) is 21.2. The van der Waals surface area contributed by atoms with Gasteiger partial charge in [-0.15, -0.1) is 0 Å². The zero-order chi connectivity index (χ0) is 11.8. The fraction of sp³-hybridized carbons (Fsp3) is 1.00. The molecule has 0 aliphatic heterocycles. The predicted octanol–water partition coefficient (Wildman–Crippen LogP) is 2.95. The molecule has 2 nitrogen and oxygen atoms in total. The highest BCUT2D eigenvalue weighted by Gasteiger charge is 2.21. The zero-order valence-electron chi connectivity index (χ0n) is 11.0. The molecule has 0 saturated heterocycles. The Morgan fingerprint density at radius 3 is 2.50 bits per heavy atom. The van der Waals surface area contributed by atoms with Crippen molar-refractivity contribution in [2.75, 3.05) is 13.2 Å². The Kier molecular flexibility index (Phi) is 7.06. The summed E-state index contributed by atoms with van der Waals surface area (Å²) >= 11 is 0. The molecule has 1 fully saturated rings. The van der Waals surface area contributed by atoms with Gasteiger partial charge in [0.1, 0.15) is 0 Å². The molecule has 0 radical (unpaired) electrons. The zero-order valence-corrected chi connectivity index (χ0v) is 11.0. The van der Waals surface area contributed by atoms with Crippen LogP contribution in [-0.4, -0.2) is 24.3 Å². The summed E-state index contributed by atoms with van der Waals surface area (Å²) in [7, 11) is 0. The van der Waals surface area contributed by atoms with Gasteiger partial charge in [0.2, 0.25) is 0 Å². The summed E-state index contributed by atoms with van der Waals surface area (Å²) in [5.41, 5.74) is 0. The molecule has 0 aromatic heterocycles. The van der Waals surface area contributed by atoms with Crippen LogP contribution in [-0.2, 0) is 0 Å².